The fourth-order valence-electron chi connectivity index (χ4n) is 1.57. The number of rotatable bonds is 4. The first-order chi connectivity index (χ1) is 9.77. The second-order valence-electron chi connectivity index (χ2n) is 4.16. The van der Waals surface area contributed by atoms with Crippen molar-refractivity contribution < 1.29 is 13.2 Å². The van der Waals surface area contributed by atoms with Crippen LogP contribution < -0.4 is 9.88 Å². The van der Waals surface area contributed by atoms with Crippen LogP contribution in [0.15, 0.2) is 41.3 Å². The van der Waals surface area contributed by atoms with Crippen LogP contribution in [0.2, 0.25) is 15.1 Å². The van der Waals surface area contributed by atoms with E-state index in [9.17, 15) is 8.42 Å². The Morgan fingerprint density at radius 3 is 2.29 bits per heavy atom. The highest BCUT2D eigenvalue weighted by Gasteiger charge is 2.12. The minimum absolute atomic E-state index is 0.0793. The predicted molar refractivity (Wildman–Crippen MR) is 83.6 cm³/mol. The van der Waals surface area contributed by atoms with Gasteiger partial charge < -0.3 is 4.74 Å². The first-order valence-electron chi connectivity index (χ1n) is 5.66. The normalized spacial score (nSPS) is 11.4. The van der Waals surface area contributed by atoms with Crippen molar-refractivity contribution in [2.45, 2.75) is 11.5 Å². The van der Waals surface area contributed by atoms with Gasteiger partial charge in [-0.05, 0) is 30.3 Å². The molecule has 0 radical (unpaired) electrons. The zero-order valence-corrected chi connectivity index (χ0v) is 13.6. The largest absolute Gasteiger partial charge is 0.487 e. The molecule has 0 aromatic heterocycles. The summed E-state index contributed by atoms with van der Waals surface area (Å²) in [4.78, 5) is -0.0793. The Kier molecular flexibility index (Phi) is 5.01. The molecule has 2 N–H and O–H groups in total. The number of halogens is 3. The van der Waals surface area contributed by atoms with Crippen molar-refractivity contribution in [1.82, 2.24) is 0 Å². The van der Waals surface area contributed by atoms with Crippen molar-refractivity contribution in [3.63, 3.8) is 0 Å². The molecule has 2 rings (SSSR count). The molecule has 0 aliphatic heterocycles. The lowest BCUT2D eigenvalue weighted by molar-refractivity contribution is 0.306. The van der Waals surface area contributed by atoms with Gasteiger partial charge in [-0.1, -0.05) is 40.9 Å². The van der Waals surface area contributed by atoms with Crippen LogP contribution in [0.25, 0.3) is 0 Å². The third kappa shape index (κ3) is 4.25. The molecule has 0 bridgehead atoms. The summed E-state index contributed by atoms with van der Waals surface area (Å²) in [6, 6.07) is 9.02. The van der Waals surface area contributed by atoms with Crippen molar-refractivity contribution in [2.75, 3.05) is 0 Å². The highest BCUT2D eigenvalue weighted by atomic mass is 35.5. The Morgan fingerprint density at radius 1 is 1.00 bits per heavy atom. The number of hydrogen-bond acceptors (Lipinski definition) is 3. The van der Waals surface area contributed by atoms with Gasteiger partial charge in [-0.25, -0.2) is 13.6 Å². The maximum Gasteiger partial charge on any atom is 0.238 e. The summed E-state index contributed by atoms with van der Waals surface area (Å²) in [7, 11) is -3.80. The molecule has 0 saturated heterocycles. The Morgan fingerprint density at radius 2 is 1.71 bits per heavy atom. The van der Waals surface area contributed by atoms with Crippen LogP contribution in [0.4, 0.5) is 0 Å². The van der Waals surface area contributed by atoms with Gasteiger partial charge >= 0.3 is 0 Å². The van der Waals surface area contributed by atoms with Crippen LogP contribution in [0.3, 0.4) is 0 Å². The maximum atomic E-state index is 11.2. The topological polar surface area (TPSA) is 69.4 Å². The van der Waals surface area contributed by atoms with Gasteiger partial charge in [-0.2, -0.15) is 0 Å². The minimum Gasteiger partial charge on any atom is -0.487 e. The van der Waals surface area contributed by atoms with E-state index < -0.39 is 10.0 Å². The summed E-state index contributed by atoms with van der Waals surface area (Å²) in [6.45, 7) is 0.171. The Balaban J connectivity index is 2.17. The average Bonchev–Trinajstić information content (AvgIpc) is 2.38. The molecule has 0 fully saturated rings. The molecule has 0 aliphatic rings. The molecule has 0 spiro atoms. The van der Waals surface area contributed by atoms with Crippen LogP contribution in [0, 0.1) is 0 Å². The first-order valence-corrected chi connectivity index (χ1v) is 8.34. The van der Waals surface area contributed by atoms with E-state index in [0.717, 1.165) is 5.56 Å². The van der Waals surface area contributed by atoms with E-state index in [0.29, 0.717) is 15.8 Å². The van der Waals surface area contributed by atoms with Crippen molar-refractivity contribution in [1.29, 1.82) is 0 Å². The number of nitrogens with two attached hydrogens (primary N) is 1. The predicted octanol–water partition coefficient (Wildman–Crippen LogP) is 3.87. The van der Waals surface area contributed by atoms with Gasteiger partial charge in [0.15, 0.2) is 0 Å². The van der Waals surface area contributed by atoms with Crippen molar-refractivity contribution in [3.05, 3.63) is 57.0 Å². The third-order valence-corrected chi connectivity index (χ3v) is 4.42. The van der Waals surface area contributed by atoms with Gasteiger partial charge in [-0.15, -0.1) is 0 Å². The molecule has 0 heterocycles. The zero-order chi connectivity index (χ0) is 15.6. The van der Waals surface area contributed by atoms with Gasteiger partial charge in [0.25, 0.3) is 0 Å². The Hall–Kier alpha value is -0.980. The second kappa shape index (κ2) is 6.42. The summed E-state index contributed by atoms with van der Waals surface area (Å²) in [5.74, 6) is 0.329. The molecular weight excluding hydrogens is 357 g/mol. The van der Waals surface area contributed by atoms with Crippen LogP contribution in [-0.2, 0) is 16.6 Å². The zero-order valence-electron chi connectivity index (χ0n) is 10.5. The van der Waals surface area contributed by atoms with Crippen molar-refractivity contribution >= 4 is 44.8 Å². The third-order valence-electron chi connectivity index (χ3n) is 2.63. The molecule has 0 saturated carbocycles. The Labute approximate surface area is 137 Å². The second-order valence-corrected chi connectivity index (χ2v) is 6.97. The summed E-state index contributed by atoms with van der Waals surface area (Å²) in [5, 5.41) is 6.16. The summed E-state index contributed by atoms with van der Waals surface area (Å²) >= 11 is 17.8. The van der Waals surface area contributed by atoms with Crippen molar-refractivity contribution in [2.24, 2.45) is 5.14 Å². The number of sulfonamides is 1. The molecule has 8 heteroatoms. The monoisotopic (exact) mass is 365 g/mol. The quantitative estimate of drug-likeness (QED) is 0.893. The molecule has 112 valence electrons. The standard InChI is InChI=1S/C13H10Cl3NO3S/c14-9-2-1-8(11(15)5-9)7-20-13-4-3-10(6-12(13)16)21(17,18)19/h1-6H,7H2,(H2,17,18,19). The molecule has 0 amide bonds. The molecule has 2 aromatic carbocycles. The van der Waals surface area contributed by atoms with Gasteiger partial charge in [-0.3, -0.25) is 0 Å². The minimum atomic E-state index is -3.80. The first kappa shape index (κ1) is 16.4. The molecule has 4 nitrogen and oxygen atoms in total. The van der Waals surface area contributed by atoms with E-state index in [1.165, 1.54) is 18.2 Å². The molecule has 0 unspecified atom stereocenters. The molecular formula is C13H10Cl3NO3S. The fourth-order valence-corrected chi connectivity index (χ4v) is 2.87. The van der Waals surface area contributed by atoms with E-state index >= 15 is 0 Å². The van der Waals surface area contributed by atoms with Gasteiger partial charge in [0.2, 0.25) is 10.0 Å². The number of ether oxygens (including phenoxy) is 1. The maximum absolute atomic E-state index is 11.2. The van der Waals surface area contributed by atoms with E-state index in [4.69, 9.17) is 44.7 Å². The van der Waals surface area contributed by atoms with Crippen LogP contribution in [-0.4, -0.2) is 8.42 Å². The van der Waals surface area contributed by atoms with Gasteiger partial charge in [0, 0.05) is 15.6 Å². The lowest BCUT2D eigenvalue weighted by Crippen LogP contribution is -2.12. The van der Waals surface area contributed by atoms with E-state index in [1.807, 2.05) is 0 Å². The highest BCUT2D eigenvalue weighted by Crippen LogP contribution is 2.29. The number of hydrogen-bond donors (Lipinski definition) is 1. The van der Waals surface area contributed by atoms with Gasteiger partial charge in [0.1, 0.15) is 12.4 Å². The lowest BCUT2D eigenvalue weighted by atomic mass is 10.2. The highest BCUT2D eigenvalue weighted by molar-refractivity contribution is 7.89. The summed E-state index contributed by atoms with van der Waals surface area (Å²) in [6.07, 6.45) is 0. The molecule has 21 heavy (non-hydrogen) atoms. The number of benzene rings is 2. The van der Waals surface area contributed by atoms with E-state index in [-0.39, 0.29) is 16.5 Å². The van der Waals surface area contributed by atoms with E-state index in [2.05, 4.69) is 0 Å². The Bertz CT molecular complexity index is 778. The SMILES string of the molecule is NS(=O)(=O)c1ccc(OCc2ccc(Cl)cc2Cl)c(Cl)c1. The smallest absolute Gasteiger partial charge is 0.238 e. The lowest BCUT2D eigenvalue weighted by Gasteiger charge is -2.10. The van der Waals surface area contributed by atoms with Crippen LogP contribution in [0.1, 0.15) is 5.56 Å². The van der Waals surface area contributed by atoms with E-state index in [1.54, 1.807) is 18.2 Å². The van der Waals surface area contributed by atoms with Crippen LogP contribution in [0.5, 0.6) is 5.75 Å². The van der Waals surface area contributed by atoms with Gasteiger partial charge in [0.05, 0.1) is 9.92 Å². The summed E-state index contributed by atoms with van der Waals surface area (Å²) < 4.78 is 27.9. The average molecular weight is 367 g/mol. The molecule has 0 aliphatic carbocycles. The molecule has 0 atom stereocenters. The van der Waals surface area contributed by atoms with Crippen LogP contribution >= 0.6 is 34.8 Å². The number of primary sulfonamides is 1. The van der Waals surface area contributed by atoms with Crippen molar-refractivity contribution in [3.8, 4) is 5.75 Å². The summed E-state index contributed by atoms with van der Waals surface area (Å²) in [5.41, 5.74) is 0.729. The fraction of sp³-hybridized carbons (Fsp3) is 0.0769. The molecule has 2 aromatic rings.